The average Bonchev–Trinajstić information content (AvgIpc) is 2.60. The Kier molecular flexibility index (Phi) is 5.40. The van der Waals surface area contributed by atoms with Gasteiger partial charge in [0.15, 0.2) is 0 Å². The van der Waals surface area contributed by atoms with Gasteiger partial charge in [-0.05, 0) is 19.9 Å². The van der Waals surface area contributed by atoms with Gasteiger partial charge >= 0.3 is 5.97 Å². The van der Waals surface area contributed by atoms with E-state index in [-0.39, 0.29) is 23.5 Å². The first-order chi connectivity index (χ1) is 12.7. The topological polar surface area (TPSA) is 172 Å². The van der Waals surface area contributed by atoms with Gasteiger partial charge in [0.2, 0.25) is 5.88 Å². The van der Waals surface area contributed by atoms with Crippen molar-refractivity contribution in [2.24, 2.45) is 5.73 Å². The van der Waals surface area contributed by atoms with Gasteiger partial charge in [-0.3, -0.25) is 20.2 Å². The maximum Gasteiger partial charge on any atom is 0.338 e. The number of nitrogens with two attached hydrogens (primary N) is 1. The Labute approximate surface area is 152 Å². The van der Waals surface area contributed by atoms with Gasteiger partial charge in [-0.25, -0.2) is 4.79 Å². The summed E-state index contributed by atoms with van der Waals surface area (Å²) in [6, 6.07) is 4.95. The van der Waals surface area contributed by atoms with E-state index in [0.29, 0.717) is 0 Å². The number of benzene rings is 1. The molecule has 0 radical (unpaired) electrons. The number of nitro benzene ring substituents is 2. The van der Waals surface area contributed by atoms with Gasteiger partial charge in [-0.15, -0.1) is 0 Å². The van der Waals surface area contributed by atoms with Gasteiger partial charge < -0.3 is 15.2 Å². The second-order valence-corrected chi connectivity index (χ2v) is 5.34. The zero-order valence-electron chi connectivity index (χ0n) is 14.3. The molecule has 0 bridgehead atoms. The lowest BCUT2D eigenvalue weighted by atomic mass is 9.81. The smallest absolute Gasteiger partial charge is 0.338 e. The van der Waals surface area contributed by atoms with Crippen molar-refractivity contribution in [2.75, 3.05) is 6.61 Å². The van der Waals surface area contributed by atoms with E-state index in [2.05, 4.69) is 0 Å². The number of hydrogen-bond donors (Lipinski definition) is 1. The summed E-state index contributed by atoms with van der Waals surface area (Å²) in [4.78, 5) is 33.8. The number of nitrogens with zero attached hydrogens (tertiary/aromatic N) is 3. The summed E-state index contributed by atoms with van der Waals surface area (Å²) >= 11 is 0. The van der Waals surface area contributed by atoms with E-state index >= 15 is 0 Å². The quantitative estimate of drug-likeness (QED) is 0.460. The molecule has 1 unspecified atom stereocenters. The number of nitriles is 1. The van der Waals surface area contributed by atoms with Crippen molar-refractivity contribution in [1.82, 2.24) is 0 Å². The number of ether oxygens (including phenoxy) is 2. The Bertz CT molecular complexity index is 910. The van der Waals surface area contributed by atoms with Crippen LogP contribution in [0, 0.1) is 31.6 Å². The second-order valence-electron chi connectivity index (χ2n) is 5.34. The molecular weight excluding hydrogens is 360 g/mol. The van der Waals surface area contributed by atoms with Crippen molar-refractivity contribution in [1.29, 1.82) is 5.26 Å². The van der Waals surface area contributed by atoms with Gasteiger partial charge in [-0.2, -0.15) is 5.26 Å². The molecule has 0 aliphatic carbocycles. The lowest BCUT2D eigenvalue weighted by molar-refractivity contribution is -0.395. The summed E-state index contributed by atoms with van der Waals surface area (Å²) in [7, 11) is 0. The first kappa shape index (κ1) is 19.4. The summed E-state index contributed by atoms with van der Waals surface area (Å²) in [6.07, 6.45) is 0. The zero-order valence-corrected chi connectivity index (χ0v) is 14.3. The lowest BCUT2D eigenvalue weighted by Crippen LogP contribution is -2.26. The SMILES string of the molecule is CCOC(=O)C1=C(C)OC(N)=C(C#N)C1c1c([N+](=O)[O-])cccc1[N+](=O)[O-]. The van der Waals surface area contributed by atoms with Crippen LogP contribution in [0.15, 0.2) is 41.0 Å². The molecule has 1 heterocycles. The van der Waals surface area contributed by atoms with E-state index in [4.69, 9.17) is 15.2 Å². The summed E-state index contributed by atoms with van der Waals surface area (Å²) in [5.41, 5.74) is 3.37. The zero-order chi connectivity index (χ0) is 20.3. The molecule has 1 aliphatic heterocycles. The molecule has 11 heteroatoms. The monoisotopic (exact) mass is 374 g/mol. The molecule has 2 rings (SSSR count). The van der Waals surface area contributed by atoms with Crippen LogP contribution in [0.25, 0.3) is 0 Å². The predicted molar refractivity (Wildman–Crippen MR) is 89.7 cm³/mol. The van der Waals surface area contributed by atoms with Crippen molar-refractivity contribution in [3.8, 4) is 6.07 Å². The maximum absolute atomic E-state index is 12.5. The number of hydrogen-bond acceptors (Lipinski definition) is 9. The van der Waals surface area contributed by atoms with Crippen LogP contribution < -0.4 is 5.73 Å². The summed E-state index contributed by atoms with van der Waals surface area (Å²) in [5.74, 6) is -2.87. The van der Waals surface area contributed by atoms with Crippen LogP contribution in [0.4, 0.5) is 11.4 Å². The van der Waals surface area contributed by atoms with Crippen molar-refractivity contribution in [3.63, 3.8) is 0 Å². The van der Waals surface area contributed by atoms with Crippen molar-refractivity contribution < 1.29 is 24.1 Å². The van der Waals surface area contributed by atoms with Crippen molar-refractivity contribution in [3.05, 3.63) is 66.8 Å². The molecule has 0 saturated carbocycles. The molecule has 0 saturated heterocycles. The highest BCUT2D eigenvalue weighted by molar-refractivity contribution is 5.93. The van der Waals surface area contributed by atoms with Gasteiger partial charge in [0.1, 0.15) is 23.0 Å². The van der Waals surface area contributed by atoms with Crippen LogP contribution >= 0.6 is 0 Å². The fourth-order valence-electron chi connectivity index (χ4n) is 2.80. The summed E-state index contributed by atoms with van der Waals surface area (Å²) < 4.78 is 10.1. The minimum Gasteiger partial charge on any atom is -0.463 e. The molecule has 11 nitrogen and oxygen atoms in total. The van der Waals surface area contributed by atoms with Crippen LogP contribution in [-0.4, -0.2) is 22.4 Å². The molecule has 1 aliphatic rings. The number of esters is 1. The third kappa shape index (κ3) is 3.40. The molecule has 1 aromatic carbocycles. The van der Waals surface area contributed by atoms with Gasteiger partial charge in [-0.1, -0.05) is 0 Å². The Balaban J connectivity index is 2.91. The van der Waals surface area contributed by atoms with E-state index in [1.165, 1.54) is 13.8 Å². The highest BCUT2D eigenvalue weighted by Crippen LogP contribution is 2.46. The second kappa shape index (κ2) is 7.52. The standard InChI is InChI=1S/C16H14N4O7/c1-3-26-16(21)12-8(2)27-15(18)9(7-17)13(12)14-10(19(22)23)5-4-6-11(14)20(24)25/h4-6,13H,3,18H2,1-2H3. The largest absolute Gasteiger partial charge is 0.463 e. The Hall–Kier alpha value is -3.94. The average molecular weight is 374 g/mol. The molecule has 2 N–H and O–H groups in total. The molecule has 0 fully saturated rings. The number of allylic oxidation sites excluding steroid dienone is 2. The molecular formula is C16H14N4O7. The van der Waals surface area contributed by atoms with Crippen LogP contribution in [0.5, 0.6) is 0 Å². The fourth-order valence-corrected chi connectivity index (χ4v) is 2.80. The highest BCUT2D eigenvalue weighted by Gasteiger charge is 2.43. The lowest BCUT2D eigenvalue weighted by Gasteiger charge is -2.26. The van der Waals surface area contributed by atoms with E-state index in [0.717, 1.165) is 18.2 Å². The number of carbonyl (C=O) groups excluding carboxylic acids is 1. The molecule has 1 aromatic rings. The fraction of sp³-hybridized carbons (Fsp3) is 0.250. The first-order valence-corrected chi connectivity index (χ1v) is 7.61. The van der Waals surface area contributed by atoms with E-state index in [1.54, 1.807) is 6.07 Å². The van der Waals surface area contributed by atoms with Crippen LogP contribution in [-0.2, 0) is 14.3 Å². The molecule has 1 atom stereocenters. The van der Waals surface area contributed by atoms with Gasteiger partial charge in [0.05, 0.1) is 27.9 Å². The molecule has 0 amide bonds. The third-order valence-corrected chi connectivity index (χ3v) is 3.84. The first-order valence-electron chi connectivity index (χ1n) is 7.61. The Morgan fingerprint density at radius 3 is 2.33 bits per heavy atom. The highest BCUT2D eigenvalue weighted by atomic mass is 16.6. The Morgan fingerprint density at radius 1 is 1.33 bits per heavy atom. The molecule has 140 valence electrons. The molecule has 0 spiro atoms. The number of nitro groups is 2. The maximum atomic E-state index is 12.5. The number of carbonyl (C=O) groups is 1. The van der Waals surface area contributed by atoms with Crippen molar-refractivity contribution >= 4 is 17.3 Å². The van der Waals surface area contributed by atoms with E-state index in [1.807, 2.05) is 0 Å². The van der Waals surface area contributed by atoms with E-state index < -0.39 is 44.6 Å². The summed E-state index contributed by atoms with van der Waals surface area (Å²) in [6.45, 7) is 2.86. The molecule has 27 heavy (non-hydrogen) atoms. The Morgan fingerprint density at radius 2 is 1.89 bits per heavy atom. The third-order valence-electron chi connectivity index (χ3n) is 3.84. The van der Waals surface area contributed by atoms with Gasteiger partial charge in [0, 0.05) is 12.1 Å². The number of rotatable bonds is 5. The van der Waals surface area contributed by atoms with Gasteiger partial charge in [0.25, 0.3) is 11.4 Å². The van der Waals surface area contributed by atoms with Crippen LogP contribution in [0.2, 0.25) is 0 Å². The molecule has 0 aromatic heterocycles. The summed E-state index contributed by atoms with van der Waals surface area (Å²) in [5, 5.41) is 32.5. The minimum atomic E-state index is -1.48. The minimum absolute atomic E-state index is 0.0254. The van der Waals surface area contributed by atoms with E-state index in [9.17, 15) is 30.3 Å². The van der Waals surface area contributed by atoms with Crippen LogP contribution in [0.3, 0.4) is 0 Å². The van der Waals surface area contributed by atoms with Crippen LogP contribution in [0.1, 0.15) is 25.3 Å². The van der Waals surface area contributed by atoms with Crippen molar-refractivity contribution in [2.45, 2.75) is 19.8 Å². The predicted octanol–water partition coefficient (Wildman–Crippen LogP) is 2.15. The normalized spacial score (nSPS) is 16.4.